The van der Waals surface area contributed by atoms with Crippen molar-refractivity contribution >= 4 is 15.9 Å². The predicted octanol–water partition coefficient (Wildman–Crippen LogP) is 2.35. The van der Waals surface area contributed by atoms with E-state index >= 15 is 0 Å². The highest BCUT2D eigenvalue weighted by Crippen LogP contribution is 2.26. The molecule has 0 aliphatic rings. The monoisotopic (exact) mass is 267 g/mol. The Morgan fingerprint density at radius 3 is 2.80 bits per heavy atom. The molecule has 1 aromatic carbocycles. The van der Waals surface area contributed by atoms with Gasteiger partial charge in [0.2, 0.25) is 0 Å². The third-order valence-electron chi connectivity index (χ3n) is 2.09. The number of hydrogen-bond acceptors (Lipinski definition) is 3. The minimum atomic E-state index is 0.762. The number of nitrogens with zero attached hydrogens (tertiary/aromatic N) is 3. The summed E-state index contributed by atoms with van der Waals surface area (Å²) in [5.41, 5.74) is 0.885. The number of halogens is 1. The average molecular weight is 268 g/mol. The van der Waals surface area contributed by atoms with Crippen LogP contribution in [0.15, 0.2) is 29.0 Å². The lowest BCUT2D eigenvalue weighted by Crippen LogP contribution is -2.01. The third kappa shape index (κ3) is 1.87. The molecule has 0 saturated heterocycles. The maximum Gasteiger partial charge on any atom is 0.145 e. The van der Waals surface area contributed by atoms with E-state index in [1.54, 1.807) is 11.8 Å². The molecular formula is C10H10BrN3O. The van der Waals surface area contributed by atoms with Gasteiger partial charge < -0.3 is 4.74 Å². The summed E-state index contributed by atoms with van der Waals surface area (Å²) in [5.74, 6) is 1.59. The highest BCUT2D eigenvalue weighted by Gasteiger charge is 2.08. The first-order chi connectivity index (χ1) is 7.22. The van der Waals surface area contributed by atoms with Crippen LogP contribution in [0.25, 0.3) is 5.69 Å². The molecule has 0 spiro atoms. The van der Waals surface area contributed by atoms with Crippen LogP contribution in [0, 0.1) is 6.92 Å². The maximum atomic E-state index is 5.29. The van der Waals surface area contributed by atoms with Gasteiger partial charge in [-0.25, -0.2) is 9.67 Å². The second-order valence-corrected chi connectivity index (χ2v) is 3.95. The van der Waals surface area contributed by atoms with Crippen LogP contribution in [-0.2, 0) is 0 Å². The van der Waals surface area contributed by atoms with E-state index in [0.717, 1.165) is 21.7 Å². The highest BCUT2D eigenvalue weighted by molar-refractivity contribution is 9.10. The van der Waals surface area contributed by atoms with E-state index in [1.807, 2.05) is 25.1 Å². The van der Waals surface area contributed by atoms with Gasteiger partial charge in [-0.1, -0.05) is 15.9 Å². The molecular weight excluding hydrogens is 258 g/mol. The molecule has 2 aromatic rings. The molecule has 0 unspecified atom stereocenters. The second-order valence-electron chi connectivity index (χ2n) is 3.04. The quantitative estimate of drug-likeness (QED) is 0.839. The predicted molar refractivity (Wildman–Crippen MR) is 60.3 cm³/mol. The Bertz CT molecular complexity index is 481. The van der Waals surface area contributed by atoms with Crippen molar-refractivity contribution in [3.05, 3.63) is 34.8 Å². The summed E-state index contributed by atoms with van der Waals surface area (Å²) in [6.45, 7) is 1.90. The van der Waals surface area contributed by atoms with Crippen LogP contribution >= 0.6 is 15.9 Å². The number of methoxy groups -OCH3 is 1. The molecule has 0 radical (unpaired) electrons. The first-order valence-electron chi connectivity index (χ1n) is 4.43. The Morgan fingerprint density at radius 2 is 2.20 bits per heavy atom. The lowest BCUT2D eigenvalue weighted by molar-refractivity contribution is 0.411. The lowest BCUT2D eigenvalue weighted by Gasteiger charge is -2.09. The summed E-state index contributed by atoms with van der Waals surface area (Å²) >= 11 is 3.39. The fraction of sp³-hybridized carbons (Fsp3) is 0.200. The van der Waals surface area contributed by atoms with Gasteiger partial charge in [0.15, 0.2) is 0 Å². The number of benzene rings is 1. The molecule has 4 nitrogen and oxygen atoms in total. The van der Waals surface area contributed by atoms with Crippen molar-refractivity contribution in [1.29, 1.82) is 0 Å². The van der Waals surface area contributed by atoms with Crippen LogP contribution in [0.5, 0.6) is 5.75 Å². The van der Waals surface area contributed by atoms with Gasteiger partial charge in [0.1, 0.15) is 23.6 Å². The van der Waals surface area contributed by atoms with Gasteiger partial charge in [0.05, 0.1) is 7.11 Å². The van der Waals surface area contributed by atoms with Gasteiger partial charge in [-0.05, 0) is 25.1 Å². The summed E-state index contributed by atoms with van der Waals surface area (Å²) in [6.07, 6.45) is 1.52. The van der Waals surface area contributed by atoms with Crippen molar-refractivity contribution < 1.29 is 4.74 Å². The molecule has 0 N–H and O–H groups in total. The Hall–Kier alpha value is -1.36. The molecule has 15 heavy (non-hydrogen) atoms. The first-order valence-corrected chi connectivity index (χ1v) is 5.22. The topological polar surface area (TPSA) is 39.9 Å². The van der Waals surface area contributed by atoms with Crippen LogP contribution in [0.2, 0.25) is 0 Å². The molecule has 1 aromatic heterocycles. The molecule has 0 amide bonds. The van der Waals surface area contributed by atoms with E-state index in [9.17, 15) is 0 Å². The zero-order valence-electron chi connectivity index (χ0n) is 8.44. The Labute approximate surface area is 96.0 Å². The number of aromatic nitrogens is 3. The Balaban J connectivity index is 2.58. The summed E-state index contributed by atoms with van der Waals surface area (Å²) < 4.78 is 8.00. The van der Waals surface area contributed by atoms with Gasteiger partial charge in [-0.15, -0.1) is 0 Å². The molecule has 78 valence electrons. The molecule has 2 rings (SSSR count). The van der Waals surface area contributed by atoms with E-state index in [1.165, 1.54) is 6.33 Å². The second kappa shape index (κ2) is 4.02. The van der Waals surface area contributed by atoms with Crippen LogP contribution in [0.1, 0.15) is 5.82 Å². The SMILES string of the molecule is COc1cc(Br)ccc1-n1ncnc1C. The summed E-state index contributed by atoms with van der Waals surface area (Å²) in [5, 5.41) is 4.13. The van der Waals surface area contributed by atoms with E-state index < -0.39 is 0 Å². The van der Waals surface area contributed by atoms with E-state index in [-0.39, 0.29) is 0 Å². The fourth-order valence-corrected chi connectivity index (χ4v) is 1.70. The highest BCUT2D eigenvalue weighted by atomic mass is 79.9. The van der Waals surface area contributed by atoms with Crippen LogP contribution < -0.4 is 4.74 Å². The largest absolute Gasteiger partial charge is 0.494 e. The standard InChI is InChI=1S/C10H10BrN3O/c1-7-12-6-13-14(7)9-4-3-8(11)5-10(9)15-2/h3-6H,1-2H3. The van der Waals surface area contributed by atoms with Gasteiger partial charge in [-0.2, -0.15) is 5.10 Å². The first kappa shape index (κ1) is 10.2. The zero-order chi connectivity index (χ0) is 10.8. The van der Waals surface area contributed by atoms with E-state index in [2.05, 4.69) is 26.0 Å². The lowest BCUT2D eigenvalue weighted by atomic mass is 10.3. The van der Waals surface area contributed by atoms with Crippen LogP contribution in [-0.4, -0.2) is 21.9 Å². The van der Waals surface area contributed by atoms with Crippen molar-refractivity contribution in [2.75, 3.05) is 7.11 Å². The van der Waals surface area contributed by atoms with Crippen molar-refractivity contribution in [2.45, 2.75) is 6.92 Å². The third-order valence-corrected chi connectivity index (χ3v) is 2.58. The number of aryl methyl sites for hydroxylation is 1. The Morgan fingerprint density at radius 1 is 1.40 bits per heavy atom. The van der Waals surface area contributed by atoms with Gasteiger partial charge >= 0.3 is 0 Å². The number of hydrogen-bond donors (Lipinski definition) is 0. The molecule has 0 atom stereocenters. The Kier molecular flexibility index (Phi) is 2.73. The van der Waals surface area contributed by atoms with E-state index in [0.29, 0.717) is 0 Å². The molecule has 0 bridgehead atoms. The zero-order valence-corrected chi connectivity index (χ0v) is 10.0. The molecule has 0 fully saturated rings. The van der Waals surface area contributed by atoms with Crippen LogP contribution in [0.3, 0.4) is 0 Å². The van der Waals surface area contributed by atoms with Crippen LogP contribution in [0.4, 0.5) is 0 Å². The molecule has 0 aliphatic heterocycles. The van der Waals surface area contributed by atoms with Crippen molar-refractivity contribution in [2.24, 2.45) is 0 Å². The number of rotatable bonds is 2. The van der Waals surface area contributed by atoms with Crippen molar-refractivity contribution in [3.63, 3.8) is 0 Å². The molecule has 0 saturated carbocycles. The van der Waals surface area contributed by atoms with Crippen molar-refractivity contribution in [1.82, 2.24) is 14.8 Å². The normalized spacial score (nSPS) is 10.3. The number of ether oxygens (including phenoxy) is 1. The van der Waals surface area contributed by atoms with E-state index in [4.69, 9.17) is 4.74 Å². The van der Waals surface area contributed by atoms with Gasteiger partial charge in [0.25, 0.3) is 0 Å². The van der Waals surface area contributed by atoms with Crippen molar-refractivity contribution in [3.8, 4) is 11.4 Å². The molecule has 5 heteroatoms. The average Bonchev–Trinajstić information content (AvgIpc) is 2.64. The smallest absolute Gasteiger partial charge is 0.145 e. The summed E-state index contributed by atoms with van der Waals surface area (Å²) in [4.78, 5) is 4.08. The summed E-state index contributed by atoms with van der Waals surface area (Å²) in [6, 6.07) is 5.78. The molecule has 0 aliphatic carbocycles. The molecule has 1 heterocycles. The fourth-order valence-electron chi connectivity index (χ4n) is 1.36. The minimum absolute atomic E-state index is 0.762. The van der Waals surface area contributed by atoms with Gasteiger partial charge in [0, 0.05) is 4.47 Å². The minimum Gasteiger partial charge on any atom is -0.494 e. The maximum absolute atomic E-state index is 5.29. The summed E-state index contributed by atoms with van der Waals surface area (Å²) in [7, 11) is 1.64. The van der Waals surface area contributed by atoms with Gasteiger partial charge in [-0.3, -0.25) is 0 Å².